The maximum Gasteiger partial charge on any atom is 0.310 e. The number of halogens is 2. The smallest absolute Gasteiger partial charge is 0.310 e. The molecule has 0 fully saturated rings. The van der Waals surface area contributed by atoms with Gasteiger partial charge in [-0.05, 0) is 18.6 Å². The molecule has 18 heavy (non-hydrogen) atoms. The Kier molecular flexibility index (Phi) is 5.55. The first-order chi connectivity index (χ1) is 8.49. The van der Waals surface area contributed by atoms with Gasteiger partial charge >= 0.3 is 5.97 Å². The fraction of sp³-hybridized carbons (Fsp3) is 0.364. The zero-order chi connectivity index (χ0) is 13.7. The highest BCUT2D eigenvalue weighted by Crippen LogP contribution is 2.29. The Balaban J connectivity index is 3.09. The summed E-state index contributed by atoms with van der Waals surface area (Å²) in [4.78, 5) is 21.7. The van der Waals surface area contributed by atoms with Crippen LogP contribution in [-0.4, -0.2) is 17.5 Å². The number of esters is 1. The van der Waals surface area contributed by atoms with Crippen molar-refractivity contribution in [2.24, 2.45) is 0 Å². The van der Waals surface area contributed by atoms with E-state index >= 15 is 0 Å². The Morgan fingerprint density at radius 1 is 1.50 bits per heavy atom. The van der Waals surface area contributed by atoms with Crippen LogP contribution in [0, 0.1) is 10.1 Å². The number of nitro groups is 1. The van der Waals surface area contributed by atoms with Crippen LogP contribution in [0.25, 0.3) is 0 Å². The lowest BCUT2D eigenvalue weighted by Crippen LogP contribution is -2.08. The van der Waals surface area contributed by atoms with E-state index in [1.54, 1.807) is 6.92 Å². The number of nitrogens with zero attached hydrogens (tertiary/aromatic N) is 1. The molecule has 5 nitrogen and oxygen atoms in total. The van der Waals surface area contributed by atoms with Crippen molar-refractivity contribution in [3.8, 4) is 0 Å². The number of hydrogen-bond acceptors (Lipinski definition) is 4. The molecule has 0 aliphatic heterocycles. The van der Waals surface area contributed by atoms with Crippen molar-refractivity contribution in [3.05, 3.63) is 38.4 Å². The average Bonchev–Trinajstić information content (AvgIpc) is 2.31. The number of ether oxygens (including phenoxy) is 1. The zero-order valence-electron chi connectivity index (χ0n) is 9.61. The summed E-state index contributed by atoms with van der Waals surface area (Å²) in [5, 5.41) is 11.5. The second-order valence-corrected chi connectivity index (χ2v) is 4.41. The van der Waals surface area contributed by atoms with Crippen LogP contribution in [0.2, 0.25) is 5.02 Å². The first-order valence-electron chi connectivity index (χ1n) is 5.16. The Hall–Kier alpha value is -1.14. The molecule has 0 atom stereocenters. The lowest BCUT2D eigenvalue weighted by atomic mass is 10.1. The number of benzene rings is 1. The molecule has 0 saturated heterocycles. The molecule has 98 valence electrons. The summed E-state index contributed by atoms with van der Waals surface area (Å²) in [5.41, 5.74) is 0.805. The van der Waals surface area contributed by atoms with Gasteiger partial charge in [0.2, 0.25) is 0 Å². The predicted octanol–water partition coefficient (Wildman–Crippen LogP) is 3.25. The van der Waals surface area contributed by atoms with Crippen molar-refractivity contribution in [3.63, 3.8) is 0 Å². The molecular formula is C11H11BrClNO4. The molecule has 1 aromatic carbocycles. The largest absolute Gasteiger partial charge is 0.466 e. The molecule has 0 saturated carbocycles. The number of rotatable bonds is 5. The van der Waals surface area contributed by atoms with E-state index in [9.17, 15) is 14.9 Å². The molecule has 0 aliphatic carbocycles. The summed E-state index contributed by atoms with van der Waals surface area (Å²) in [6.07, 6.45) is -0.0733. The van der Waals surface area contributed by atoms with Crippen LogP contribution in [0.1, 0.15) is 18.1 Å². The molecule has 0 bridgehead atoms. The van der Waals surface area contributed by atoms with Gasteiger partial charge in [0.05, 0.1) is 18.0 Å². The molecule has 7 heteroatoms. The van der Waals surface area contributed by atoms with Crippen LogP contribution in [0.3, 0.4) is 0 Å². The monoisotopic (exact) mass is 335 g/mol. The van der Waals surface area contributed by atoms with E-state index in [4.69, 9.17) is 16.3 Å². The Morgan fingerprint density at radius 2 is 2.17 bits per heavy atom. The van der Waals surface area contributed by atoms with Gasteiger partial charge in [0.25, 0.3) is 5.69 Å². The van der Waals surface area contributed by atoms with Gasteiger partial charge in [0.1, 0.15) is 0 Å². The maximum absolute atomic E-state index is 11.3. The van der Waals surface area contributed by atoms with Gasteiger partial charge in [-0.15, -0.1) is 0 Å². The normalized spacial score (nSPS) is 10.2. The highest BCUT2D eigenvalue weighted by Gasteiger charge is 2.18. The Labute approximate surface area is 117 Å². The molecule has 0 spiro atoms. The SMILES string of the molecule is CCOC(=O)Cc1cc([N+](=O)[O-])c(CBr)cc1Cl. The third-order valence-corrected chi connectivity index (χ3v) is 3.18. The summed E-state index contributed by atoms with van der Waals surface area (Å²) >= 11 is 9.13. The standard InChI is InChI=1S/C11H11BrClNO4/c1-2-18-11(15)5-7-4-10(14(16)17)8(6-12)3-9(7)13/h3-4H,2,5-6H2,1H3. The van der Waals surface area contributed by atoms with E-state index in [1.807, 2.05) is 0 Å². The third kappa shape index (κ3) is 3.68. The fourth-order valence-corrected chi connectivity index (χ4v) is 2.13. The van der Waals surface area contributed by atoms with Crippen LogP contribution in [0.15, 0.2) is 12.1 Å². The molecule has 0 aromatic heterocycles. The quantitative estimate of drug-likeness (QED) is 0.358. The lowest BCUT2D eigenvalue weighted by Gasteiger charge is -2.07. The molecule has 0 unspecified atom stereocenters. The maximum atomic E-state index is 11.3. The summed E-state index contributed by atoms with van der Waals surface area (Å²) in [5.74, 6) is -0.458. The topological polar surface area (TPSA) is 69.4 Å². The summed E-state index contributed by atoms with van der Waals surface area (Å²) in [7, 11) is 0. The molecular weight excluding hydrogens is 325 g/mol. The van der Waals surface area contributed by atoms with E-state index < -0.39 is 10.9 Å². The van der Waals surface area contributed by atoms with Gasteiger partial charge in [-0.1, -0.05) is 27.5 Å². The number of carbonyl (C=O) groups is 1. The van der Waals surface area contributed by atoms with Crippen molar-refractivity contribution < 1.29 is 14.5 Å². The minimum absolute atomic E-state index is 0.0597. The van der Waals surface area contributed by atoms with Gasteiger partial charge in [0.15, 0.2) is 0 Å². The molecule has 0 N–H and O–H groups in total. The molecule has 0 radical (unpaired) electrons. The summed E-state index contributed by atoms with van der Waals surface area (Å²) < 4.78 is 4.78. The van der Waals surface area contributed by atoms with Crippen LogP contribution in [0.5, 0.6) is 0 Å². The van der Waals surface area contributed by atoms with E-state index in [1.165, 1.54) is 12.1 Å². The van der Waals surface area contributed by atoms with E-state index in [0.29, 0.717) is 21.5 Å². The number of carbonyl (C=O) groups excluding carboxylic acids is 1. The molecule has 0 heterocycles. The Bertz CT molecular complexity index is 478. The van der Waals surface area contributed by atoms with Crippen LogP contribution in [-0.2, 0) is 21.3 Å². The first kappa shape index (κ1) is 14.9. The number of hydrogen-bond donors (Lipinski definition) is 0. The van der Waals surface area contributed by atoms with Gasteiger partial charge in [0, 0.05) is 22.0 Å². The van der Waals surface area contributed by atoms with E-state index in [2.05, 4.69) is 15.9 Å². The number of nitro benzene ring substituents is 1. The van der Waals surface area contributed by atoms with Crippen LogP contribution < -0.4 is 0 Å². The lowest BCUT2D eigenvalue weighted by molar-refractivity contribution is -0.385. The zero-order valence-corrected chi connectivity index (χ0v) is 12.0. The van der Waals surface area contributed by atoms with Gasteiger partial charge in [-0.3, -0.25) is 14.9 Å². The number of alkyl halides is 1. The van der Waals surface area contributed by atoms with Crippen molar-refractivity contribution in [2.45, 2.75) is 18.7 Å². The molecule has 0 amide bonds. The van der Waals surface area contributed by atoms with Crippen molar-refractivity contribution in [1.82, 2.24) is 0 Å². The summed E-state index contributed by atoms with van der Waals surface area (Å²) in [6.45, 7) is 1.95. The highest BCUT2D eigenvalue weighted by molar-refractivity contribution is 9.08. The van der Waals surface area contributed by atoms with Crippen LogP contribution >= 0.6 is 27.5 Å². The highest BCUT2D eigenvalue weighted by atomic mass is 79.9. The second-order valence-electron chi connectivity index (χ2n) is 3.44. The second kappa shape index (κ2) is 6.70. The third-order valence-electron chi connectivity index (χ3n) is 2.23. The summed E-state index contributed by atoms with van der Waals surface area (Å²) in [6, 6.07) is 2.80. The average molecular weight is 337 g/mol. The minimum atomic E-state index is -0.498. The minimum Gasteiger partial charge on any atom is -0.466 e. The van der Waals surface area contributed by atoms with Gasteiger partial charge < -0.3 is 4.74 Å². The van der Waals surface area contributed by atoms with Crippen molar-refractivity contribution in [1.29, 1.82) is 0 Å². The van der Waals surface area contributed by atoms with Crippen LogP contribution in [0.4, 0.5) is 5.69 Å². The van der Waals surface area contributed by atoms with Gasteiger partial charge in [-0.25, -0.2) is 0 Å². The first-order valence-corrected chi connectivity index (χ1v) is 6.66. The fourth-order valence-electron chi connectivity index (χ4n) is 1.43. The van der Waals surface area contributed by atoms with Gasteiger partial charge in [-0.2, -0.15) is 0 Å². The Morgan fingerprint density at radius 3 is 2.67 bits per heavy atom. The van der Waals surface area contributed by atoms with Crippen molar-refractivity contribution >= 4 is 39.2 Å². The molecule has 1 aromatic rings. The van der Waals surface area contributed by atoms with Crippen molar-refractivity contribution in [2.75, 3.05) is 6.61 Å². The predicted molar refractivity (Wildman–Crippen MR) is 71.1 cm³/mol. The van der Waals surface area contributed by atoms with E-state index in [0.717, 1.165) is 0 Å². The van der Waals surface area contributed by atoms with E-state index in [-0.39, 0.29) is 18.7 Å². The molecule has 0 aliphatic rings. The molecule has 1 rings (SSSR count).